The number of aliphatic hydroxyl groups excluding tert-OH is 1. The smallest absolute Gasteiger partial charge is 0.265 e. The lowest BCUT2D eigenvalue weighted by molar-refractivity contribution is 0.146. The maximum absolute atomic E-state index is 12.3. The molecule has 2 N–H and O–H groups in total. The summed E-state index contributed by atoms with van der Waals surface area (Å²) in [6.07, 6.45) is -2.71. The van der Waals surface area contributed by atoms with E-state index in [1.54, 1.807) is 0 Å². The van der Waals surface area contributed by atoms with E-state index in [-0.39, 0.29) is 15.7 Å². The lowest BCUT2D eigenvalue weighted by Crippen LogP contribution is -2.12. The third kappa shape index (κ3) is 2.13. The zero-order valence-electron chi connectivity index (χ0n) is 6.35. The molecule has 0 saturated carbocycles. The Hall–Kier alpha value is -0.750. The van der Waals surface area contributed by atoms with Crippen LogP contribution in [-0.2, 0) is 6.61 Å². The van der Waals surface area contributed by atoms with Gasteiger partial charge in [-0.2, -0.15) is 0 Å². The third-order valence-corrected chi connectivity index (χ3v) is 2.09. The van der Waals surface area contributed by atoms with E-state index in [4.69, 9.17) is 5.11 Å². The molecule has 1 aromatic heterocycles. The normalized spacial score (nSPS) is 10.8. The lowest BCUT2D eigenvalue weighted by Gasteiger charge is -2.05. The van der Waals surface area contributed by atoms with Crippen molar-refractivity contribution in [3.05, 3.63) is 32.2 Å². The predicted molar refractivity (Wildman–Crippen MR) is 45.6 cm³/mol. The largest absolute Gasteiger partial charge is 0.390 e. The van der Waals surface area contributed by atoms with Gasteiger partial charge in [-0.05, 0) is 22.0 Å². The molecule has 0 saturated heterocycles. The molecule has 0 amide bonds. The fraction of sp³-hybridized carbons (Fsp3) is 0.286. The minimum atomic E-state index is -2.71. The number of hydrogen-bond donors (Lipinski definition) is 2. The van der Waals surface area contributed by atoms with Crippen molar-refractivity contribution in [1.29, 1.82) is 0 Å². The molecular formula is C7H6BrF2NO2. The van der Waals surface area contributed by atoms with Crippen molar-refractivity contribution in [3.63, 3.8) is 0 Å². The predicted octanol–water partition coefficient (Wildman–Crippen LogP) is 1.57. The monoisotopic (exact) mass is 253 g/mol. The van der Waals surface area contributed by atoms with Gasteiger partial charge >= 0.3 is 0 Å². The van der Waals surface area contributed by atoms with Crippen LogP contribution in [0, 0.1) is 0 Å². The molecule has 0 spiro atoms. The summed E-state index contributed by atoms with van der Waals surface area (Å²) in [6.45, 7) is -0.609. The average Bonchev–Trinajstić information content (AvgIpc) is 2.08. The molecule has 3 nitrogen and oxygen atoms in total. The standard InChI is InChI=1S/C7H6BrF2NO2/c8-4-1-3(6(9)10)5(2-12)11-7(4)13/h1,6,12H,2H2,(H,11,13). The zero-order valence-corrected chi connectivity index (χ0v) is 7.94. The highest BCUT2D eigenvalue weighted by Crippen LogP contribution is 2.22. The second-order valence-electron chi connectivity index (χ2n) is 2.34. The molecule has 0 radical (unpaired) electrons. The van der Waals surface area contributed by atoms with E-state index in [1.807, 2.05) is 0 Å². The first-order valence-electron chi connectivity index (χ1n) is 3.37. The molecule has 0 bridgehead atoms. The molecule has 0 aliphatic carbocycles. The summed E-state index contributed by atoms with van der Waals surface area (Å²) in [7, 11) is 0. The second-order valence-corrected chi connectivity index (χ2v) is 3.19. The van der Waals surface area contributed by atoms with Gasteiger partial charge in [0, 0.05) is 5.56 Å². The molecule has 6 heteroatoms. The van der Waals surface area contributed by atoms with Crippen molar-refractivity contribution in [2.24, 2.45) is 0 Å². The number of aromatic nitrogens is 1. The summed E-state index contributed by atoms with van der Waals surface area (Å²) in [4.78, 5) is 13.1. The van der Waals surface area contributed by atoms with Crippen LogP contribution in [0.4, 0.5) is 8.78 Å². The van der Waals surface area contributed by atoms with E-state index in [2.05, 4.69) is 20.9 Å². The van der Waals surface area contributed by atoms with Gasteiger partial charge in [0.15, 0.2) is 0 Å². The van der Waals surface area contributed by atoms with Crippen LogP contribution in [0.1, 0.15) is 17.7 Å². The van der Waals surface area contributed by atoms with Crippen LogP contribution in [0.15, 0.2) is 15.3 Å². The highest BCUT2D eigenvalue weighted by molar-refractivity contribution is 9.10. The molecular weight excluding hydrogens is 248 g/mol. The van der Waals surface area contributed by atoms with Crippen LogP contribution in [0.2, 0.25) is 0 Å². The Bertz CT molecular complexity index is 364. The minimum absolute atomic E-state index is 0.0278. The highest BCUT2D eigenvalue weighted by Gasteiger charge is 2.14. The quantitative estimate of drug-likeness (QED) is 0.841. The second kappa shape index (κ2) is 3.97. The molecule has 0 aliphatic heterocycles. The van der Waals surface area contributed by atoms with Crippen LogP contribution in [-0.4, -0.2) is 10.1 Å². The number of rotatable bonds is 2. The van der Waals surface area contributed by atoms with E-state index in [1.165, 1.54) is 0 Å². The number of hydrogen-bond acceptors (Lipinski definition) is 2. The van der Waals surface area contributed by atoms with E-state index < -0.39 is 18.6 Å². The molecule has 0 fully saturated rings. The van der Waals surface area contributed by atoms with Crippen molar-refractivity contribution in [2.75, 3.05) is 0 Å². The fourth-order valence-corrected chi connectivity index (χ4v) is 1.23. The van der Waals surface area contributed by atoms with Gasteiger partial charge in [0.2, 0.25) is 0 Å². The maximum atomic E-state index is 12.3. The van der Waals surface area contributed by atoms with Crippen molar-refractivity contribution in [1.82, 2.24) is 4.98 Å². The zero-order chi connectivity index (χ0) is 10.0. The Morgan fingerprint density at radius 2 is 2.23 bits per heavy atom. The van der Waals surface area contributed by atoms with Crippen molar-refractivity contribution in [3.8, 4) is 0 Å². The minimum Gasteiger partial charge on any atom is -0.390 e. The van der Waals surface area contributed by atoms with Gasteiger partial charge in [0.05, 0.1) is 16.8 Å². The average molecular weight is 254 g/mol. The molecule has 72 valence electrons. The van der Waals surface area contributed by atoms with Crippen LogP contribution >= 0.6 is 15.9 Å². The highest BCUT2D eigenvalue weighted by atomic mass is 79.9. The Kier molecular flexibility index (Phi) is 3.16. The molecule has 13 heavy (non-hydrogen) atoms. The van der Waals surface area contributed by atoms with Crippen LogP contribution in [0.25, 0.3) is 0 Å². The number of aliphatic hydroxyl groups is 1. The SMILES string of the molecule is O=c1[nH]c(CO)c(C(F)F)cc1Br. The Balaban J connectivity index is 3.33. The fourth-order valence-electron chi connectivity index (χ4n) is 0.884. The van der Waals surface area contributed by atoms with Gasteiger partial charge in [-0.25, -0.2) is 8.78 Å². The number of alkyl halides is 2. The number of aromatic amines is 1. The van der Waals surface area contributed by atoms with Gasteiger partial charge in [0.25, 0.3) is 12.0 Å². The summed E-state index contributed by atoms with van der Waals surface area (Å²) in [5, 5.41) is 8.66. The molecule has 1 rings (SSSR count). The van der Waals surface area contributed by atoms with E-state index in [0.717, 1.165) is 6.07 Å². The van der Waals surface area contributed by atoms with Crippen molar-refractivity contribution < 1.29 is 13.9 Å². The van der Waals surface area contributed by atoms with E-state index in [9.17, 15) is 13.6 Å². The molecule has 0 aromatic carbocycles. The van der Waals surface area contributed by atoms with Gasteiger partial charge in [-0.15, -0.1) is 0 Å². The number of H-pyrrole nitrogens is 1. The topological polar surface area (TPSA) is 53.1 Å². The van der Waals surface area contributed by atoms with Crippen molar-refractivity contribution in [2.45, 2.75) is 13.0 Å². The van der Waals surface area contributed by atoms with Crippen LogP contribution < -0.4 is 5.56 Å². The summed E-state index contributed by atoms with van der Waals surface area (Å²) in [5.74, 6) is 0. The summed E-state index contributed by atoms with van der Waals surface area (Å²) < 4.78 is 24.6. The molecule has 1 heterocycles. The Morgan fingerprint density at radius 1 is 1.62 bits per heavy atom. The van der Waals surface area contributed by atoms with Gasteiger partial charge in [-0.1, -0.05) is 0 Å². The summed E-state index contributed by atoms with van der Waals surface area (Å²) >= 11 is 2.82. The van der Waals surface area contributed by atoms with Gasteiger partial charge in [-0.3, -0.25) is 4.79 Å². The van der Waals surface area contributed by atoms with Crippen LogP contribution in [0.3, 0.4) is 0 Å². The summed E-state index contributed by atoms with van der Waals surface area (Å²) in [5.41, 5.74) is -1.05. The first-order valence-corrected chi connectivity index (χ1v) is 4.16. The van der Waals surface area contributed by atoms with E-state index in [0.29, 0.717) is 0 Å². The maximum Gasteiger partial charge on any atom is 0.265 e. The van der Waals surface area contributed by atoms with Gasteiger partial charge < -0.3 is 10.1 Å². The molecule has 0 atom stereocenters. The Labute approximate surface area is 80.5 Å². The molecule has 1 aromatic rings. The van der Waals surface area contributed by atoms with Crippen molar-refractivity contribution >= 4 is 15.9 Å². The van der Waals surface area contributed by atoms with E-state index >= 15 is 0 Å². The summed E-state index contributed by atoms with van der Waals surface area (Å²) in [6, 6.07) is 1.01. The third-order valence-electron chi connectivity index (χ3n) is 1.51. The van der Waals surface area contributed by atoms with Gasteiger partial charge in [0.1, 0.15) is 0 Å². The first-order chi connectivity index (χ1) is 6.06. The number of halogens is 3. The first kappa shape index (κ1) is 10.3. The molecule has 0 aliphatic rings. The van der Waals surface area contributed by atoms with Crippen LogP contribution in [0.5, 0.6) is 0 Å². The Morgan fingerprint density at radius 3 is 2.69 bits per heavy atom. The number of nitrogens with one attached hydrogen (secondary N) is 1. The lowest BCUT2D eigenvalue weighted by atomic mass is 10.2. The molecule has 0 unspecified atom stereocenters. The number of pyridine rings is 1.